The summed E-state index contributed by atoms with van der Waals surface area (Å²) in [5.74, 6) is 1.09. The largest absolute Gasteiger partial charge is 0.489 e. The molecule has 0 unspecified atom stereocenters. The lowest BCUT2D eigenvalue weighted by molar-refractivity contribution is -0.129. The van der Waals surface area contributed by atoms with E-state index in [0.717, 1.165) is 30.9 Å². The van der Waals surface area contributed by atoms with E-state index >= 15 is 0 Å². The van der Waals surface area contributed by atoms with Crippen LogP contribution in [0.3, 0.4) is 0 Å². The molecule has 4 nitrogen and oxygen atoms in total. The second-order valence-corrected chi connectivity index (χ2v) is 7.89. The molecule has 0 bridgehead atoms. The second kappa shape index (κ2) is 8.51. The predicted molar refractivity (Wildman–Crippen MR) is 110 cm³/mol. The summed E-state index contributed by atoms with van der Waals surface area (Å²) in [7, 11) is 1.69. The summed E-state index contributed by atoms with van der Waals surface area (Å²) in [4.78, 5) is 13.9. The van der Waals surface area contributed by atoms with E-state index < -0.39 is 0 Å². The molecule has 144 valence electrons. The molecular weight excluding hydrogens is 383 g/mol. The fraction of sp³-hybridized carbons (Fsp3) is 0.381. The van der Waals surface area contributed by atoms with E-state index in [2.05, 4.69) is 36.2 Å². The van der Waals surface area contributed by atoms with Crippen LogP contribution < -0.4 is 10.1 Å². The van der Waals surface area contributed by atoms with Gasteiger partial charge in [0.25, 0.3) is 0 Å². The summed E-state index contributed by atoms with van der Waals surface area (Å²) >= 11 is 12.0. The maximum Gasteiger partial charge on any atom is 0.225 e. The number of likely N-dealkylation sites (tertiary alicyclic amines) is 1. The predicted octanol–water partition coefficient (Wildman–Crippen LogP) is 4.37. The van der Waals surface area contributed by atoms with E-state index in [9.17, 15) is 4.79 Å². The highest BCUT2D eigenvalue weighted by atomic mass is 35.5. The van der Waals surface area contributed by atoms with Crippen LogP contribution >= 0.6 is 23.2 Å². The van der Waals surface area contributed by atoms with Gasteiger partial charge in [-0.2, -0.15) is 0 Å². The van der Waals surface area contributed by atoms with Crippen molar-refractivity contribution in [1.82, 2.24) is 10.2 Å². The zero-order chi connectivity index (χ0) is 19.6. The second-order valence-electron chi connectivity index (χ2n) is 7.08. The van der Waals surface area contributed by atoms with Crippen LogP contribution in [0.5, 0.6) is 5.75 Å². The molecule has 0 spiro atoms. The topological polar surface area (TPSA) is 41.6 Å². The lowest BCUT2D eigenvalue weighted by Crippen LogP contribution is -2.52. The first-order valence-corrected chi connectivity index (χ1v) is 9.73. The number of hydrogen-bond donors (Lipinski definition) is 1. The molecule has 0 atom stereocenters. The van der Waals surface area contributed by atoms with Crippen molar-refractivity contribution >= 4 is 29.1 Å². The van der Waals surface area contributed by atoms with Gasteiger partial charge >= 0.3 is 0 Å². The number of carbonyl (C=O) groups is 1. The fourth-order valence-corrected chi connectivity index (χ4v) is 3.70. The molecule has 6 heteroatoms. The van der Waals surface area contributed by atoms with E-state index in [4.69, 9.17) is 27.9 Å². The zero-order valence-electron chi connectivity index (χ0n) is 15.8. The van der Waals surface area contributed by atoms with Crippen molar-refractivity contribution in [3.05, 3.63) is 62.6 Å². The smallest absolute Gasteiger partial charge is 0.225 e. The molecule has 1 aliphatic rings. The highest BCUT2D eigenvalue weighted by Crippen LogP contribution is 2.28. The minimum Gasteiger partial charge on any atom is -0.489 e. The number of rotatable bonds is 6. The number of nitrogens with one attached hydrogen (secondary N) is 1. The van der Waals surface area contributed by atoms with E-state index in [1.54, 1.807) is 13.1 Å². The lowest BCUT2D eigenvalue weighted by atomic mass is 9.95. The van der Waals surface area contributed by atoms with Crippen LogP contribution in [0.25, 0.3) is 0 Å². The average Bonchev–Trinajstić information content (AvgIpc) is 2.60. The number of carbonyl (C=O) groups excluding carboxylic acids is 1. The van der Waals surface area contributed by atoms with Gasteiger partial charge in [-0.3, -0.25) is 9.69 Å². The number of nitrogens with zero attached hydrogens (tertiary/aromatic N) is 1. The average molecular weight is 407 g/mol. The highest BCUT2D eigenvalue weighted by molar-refractivity contribution is 6.42. The molecule has 1 fully saturated rings. The van der Waals surface area contributed by atoms with Crippen molar-refractivity contribution in [2.45, 2.75) is 27.0 Å². The number of amides is 1. The Bertz CT molecular complexity index is 825. The minimum absolute atomic E-state index is 0.115. The summed E-state index contributed by atoms with van der Waals surface area (Å²) in [6, 6.07) is 9.65. The molecule has 1 N–H and O–H groups in total. The summed E-state index contributed by atoms with van der Waals surface area (Å²) in [5.41, 5.74) is 4.67. The Morgan fingerprint density at radius 1 is 1.15 bits per heavy atom. The van der Waals surface area contributed by atoms with Gasteiger partial charge < -0.3 is 10.1 Å². The third-order valence-electron chi connectivity index (χ3n) is 5.02. The first-order chi connectivity index (χ1) is 12.9. The van der Waals surface area contributed by atoms with E-state index in [0.29, 0.717) is 16.7 Å². The highest BCUT2D eigenvalue weighted by Gasteiger charge is 2.32. The van der Waals surface area contributed by atoms with Gasteiger partial charge in [0.2, 0.25) is 5.91 Å². The van der Waals surface area contributed by atoms with Gasteiger partial charge in [0.1, 0.15) is 12.4 Å². The number of aryl methyl sites for hydroxylation is 2. The maximum absolute atomic E-state index is 11.6. The maximum atomic E-state index is 11.6. The molecule has 3 rings (SSSR count). The Hall–Kier alpha value is -1.75. The van der Waals surface area contributed by atoms with Crippen molar-refractivity contribution in [3.8, 4) is 5.75 Å². The standard InChI is InChI=1S/C21H24Cl2N2O2/c1-13-6-17(27-12-15-4-5-19(22)20(23)8-15)7-14(2)18(13)11-25-9-16(10-25)21(26)24-3/h4-8,16H,9-12H2,1-3H3,(H,24,26). The Kier molecular flexibility index (Phi) is 6.30. The molecule has 2 aromatic carbocycles. The third-order valence-corrected chi connectivity index (χ3v) is 5.75. The SMILES string of the molecule is CNC(=O)C1CN(Cc2c(C)cc(OCc3ccc(Cl)c(Cl)c3)cc2C)C1. The fourth-order valence-electron chi connectivity index (χ4n) is 3.38. The first-order valence-electron chi connectivity index (χ1n) is 8.98. The molecular formula is C21H24Cl2N2O2. The molecule has 1 saturated heterocycles. The molecule has 0 saturated carbocycles. The monoisotopic (exact) mass is 406 g/mol. The van der Waals surface area contributed by atoms with Gasteiger partial charge in [-0.25, -0.2) is 0 Å². The molecule has 1 aliphatic heterocycles. The van der Waals surface area contributed by atoms with Crippen LogP contribution in [0.1, 0.15) is 22.3 Å². The minimum atomic E-state index is 0.115. The van der Waals surface area contributed by atoms with Gasteiger partial charge in [-0.1, -0.05) is 29.3 Å². The molecule has 0 aliphatic carbocycles. The Labute approximate surface area is 170 Å². The van der Waals surface area contributed by atoms with Crippen molar-refractivity contribution in [3.63, 3.8) is 0 Å². The Morgan fingerprint density at radius 2 is 1.81 bits per heavy atom. The molecule has 2 aromatic rings. The number of ether oxygens (including phenoxy) is 1. The van der Waals surface area contributed by atoms with Crippen molar-refractivity contribution in [2.24, 2.45) is 5.92 Å². The number of halogens is 2. The van der Waals surface area contributed by atoms with Gasteiger partial charge in [0.05, 0.1) is 16.0 Å². The van der Waals surface area contributed by atoms with Gasteiger partial charge in [0, 0.05) is 26.7 Å². The first kappa shape index (κ1) is 20.0. The zero-order valence-corrected chi connectivity index (χ0v) is 17.3. The van der Waals surface area contributed by atoms with Gasteiger partial charge in [-0.15, -0.1) is 0 Å². The van der Waals surface area contributed by atoms with Crippen LogP contribution in [0.15, 0.2) is 30.3 Å². The van der Waals surface area contributed by atoms with Crippen LogP contribution in [0.4, 0.5) is 0 Å². The van der Waals surface area contributed by atoms with Crippen LogP contribution in [-0.4, -0.2) is 30.9 Å². The van der Waals surface area contributed by atoms with Crippen molar-refractivity contribution in [1.29, 1.82) is 0 Å². The normalized spacial score (nSPS) is 14.7. The van der Waals surface area contributed by atoms with Crippen LogP contribution in [-0.2, 0) is 17.9 Å². The number of benzene rings is 2. The summed E-state index contributed by atoms with van der Waals surface area (Å²) in [6.45, 7) is 7.13. The van der Waals surface area contributed by atoms with Gasteiger partial charge in [0.15, 0.2) is 0 Å². The van der Waals surface area contributed by atoms with Crippen molar-refractivity contribution in [2.75, 3.05) is 20.1 Å². The van der Waals surface area contributed by atoms with Crippen LogP contribution in [0.2, 0.25) is 10.0 Å². The lowest BCUT2D eigenvalue weighted by Gasteiger charge is -2.38. The molecule has 0 aromatic heterocycles. The summed E-state index contributed by atoms with van der Waals surface area (Å²) < 4.78 is 5.94. The van der Waals surface area contributed by atoms with Crippen LogP contribution in [0, 0.1) is 19.8 Å². The summed E-state index contributed by atoms with van der Waals surface area (Å²) in [5, 5.41) is 3.79. The quantitative estimate of drug-likeness (QED) is 0.774. The van der Waals surface area contributed by atoms with Gasteiger partial charge in [-0.05, 0) is 60.4 Å². The Balaban J connectivity index is 1.61. The molecule has 27 heavy (non-hydrogen) atoms. The Morgan fingerprint density at radius 3 is 2.41 bits per heavy atom. The molecule has 1 heterocycles. The molecule has 1 amide bonds. The molecule has 0 radical (unpaired) electrons. The summed E-state index contributed by atoms with van der Waals surface area (Å²) in [6.07, 6.45) is 0. The van der Waals surface area contributed by atoms with E-state index in [1.807, 2.05) is 12.1 Å². The number of hydrogen-bond acceptors (Lipinski definition) is 3. The third kappa shape index (κ3) is 4.75. The van der Waals surface area contributed by atoms with E-state index in [1.165, 1.54) is 16.7 Å². The van der Waals surface area contributed by atoms with E-state index in [-0.39, 0.29) is 11.8 Å². The van der Waals surface area contributed by atoms with Crippen molar-refractivity contribution < 1.29 is 9.53 Å².